The number of hydrogen-bond donors (Lipinski definition) is 1. The van der Waals surface area contributed by atoms with Gasteiger partial charge in [0.2, 0.25) is 0 Å². The van der Waals surface area contributed by atoms with Crippen molar-refractivity contribution < 1.29 is 14.3 Å². The van der Waals surface area contributed by atoms with E-state index in [4.69, 9.17) is 9.52 Å². The van der Waals surface area contributed by atoms with Gasteiger partial charge in [-0.25, -0.2) is 0 Å². The predicted octanol–water partition coefficient (Wildman–Crippen LogP) is 2.25. The second-order valence-corrected chi connectivity index (χ2v) is 3.65. The molecule has 3 heteroatoms. The van der Waals surface area contributed by atoms with Crippen LogP contribution in [-0.2, 0) is 4.79 Å². The number of carbonyl (C=O) groups is 1. The van der Waals surface area contributed by atoms with Crippen LogP contribution in [0.1, 0.15) is 30.9 Å². The highest BCUT2D eigenvalue weighted by atomic mass is 16.4. The van der Waals surface area contributed by atoms with E-state index in [-0.39, 0.29) is 0 Å². The third-order valence-electron chi connectivity index (χ3n) is 2.64. The second-order valence-electron chi connectivity index (χ2n) is 3.65. The number of carboxylic acid groups (broad SMARTS) is 1. The van der Waals surface area contributed by atoms with E-state index in [0.29, 0.717) is 18.3 Å². The Labute approximate surface area is 76.4 Å². The maximum absolute atomic E-state index is 10.4. The van der Waals surface area contributed by atoms with Gasteiger partial charge in [0.15, 0.2) is 0 Å². The first-order chi connectivity index (χ1) is 6.25. The second kappa shape index (κ2) is 3.24. The minimum Gasteiger partial charge on any atom is -0.481 e. The molecule has 1 fully saturated rings. The van der Waals surface area contributed by atoms with Crippen LogP contribution in [-0.4, -0.2) is 11.1 Å². The van der Waals surface area contributed by atoms with Crippen LogP contribution in [0.2, 0.25) is 0 Å². The predicted molar refractivity (Wildman–Crippen MR) is 46.4 cm³/mol. The first-order valence-corrected chi connectivity index (χ1v) is 4.51. The Morgan fingerprint density at radius 2 is 2.38 bits per heavy atom. The molecule has 0 amide bonds. The van der Waals surface area contributed by atoms with E-state index in [0.717, 1.165) is 18.6 Å². The molecular weight excluding hydrogens is 168 g/mol. The molecule has 2 rings (SSSR count). The van der Waals surface area contributed by atoms with Crippen molar-refractivity contribution in [3.05, 3.63) is 24.2 Å². The molecular formula is C10H12O3. The van der Waals surface area contributed by atoms with E-state index in [1.165, 1.54) is 0 Å². The molecule has 1 aromatic heterocycles. The molecule has 1 heterocycles. The van der Waals surface area contributed by atoms with E-state index in [1.807, 2.05) is 12.1 Å². The fourth-order valence-electron chi connectivity index (χ4n) is 1.91. The zero-order chi connectivity index (χ0) is 9.26. The van der Waals surface area contributed by atoms with E-state index in [1.54, 1.807) is 6.26 Å². The molecule has 0 aliphatic heterocycles. The van der Waals surface area contributed by atoms with Crippen LogP contribution in [0.4, 0.5) is 0 Å². The quantitative estimate of drug-likeness (QED) is 0.776. The summed E-state index contributed by atoms with van der Waals surface area (Å²) in [6.07, 6.45) is 3.89. The Kier molecular flexibility index (Phi) is 2.08. The standard InChI is InChI=1S/C10H12O3/c11-10(12)6-7-4-8(5-7)9-2-1-3-13-9/h1-3,7-8H,4-6H2,(H,11,12). The molecule has 3 nitrogen and oxygen atoms in total. The van der Waals surface area contributed by atoms with Crippen molar-refractivity contribution in [2.75, 3.05) is 0 Å². The van der Waals surface area contributed by atoms with Gasteiger partial charge in [0.25, 0.3) is 0 Å². The fourth-order valence-corrected chi connectivity index (χ4v) is 1.91. The Morgan fingerprint density at radius 1 is 1.62 bits per heavy atom. The lowest BCUT2D eigenvalue weighted by Crippen LogP contribution is -2.23. The molecule has 0 unspecified atom stereocenters. The fraction of sp³-hybridized carbons (Fsp3) is 0.500. The molecule has 0 radical (unpaired) electrons. The van der Waals surface area contributed by atoms with Gasteiger partial charge >= 0.3 is 5.97 Å². The van der Waals surface area contributed by atoms with Gasteiger partial charge < -0.3 is 9.52 Å². The van der Waals surface area contributed by atoms with Crippen molar-refractivity contribution in [2.24, 2.45) is 5.92 Å². The Bertz CT molecular complexity index is 283. The van der Waals surface area contributed by atoms with Crippen LogP contribution >= 0.6 is 0 Å². The van der Waals surface area contributed by atoms with Crippen LogP contribution in [0.3, 0.4) is 0 Å². The van der Waals surface area contributed by atoms with Crippen molar-refractivity contribution in [2.45, 2.75) is 25.2 Å². The lowest BCUT2D eigenvalue weighted by molar-refractivity contribution is -0.138. The lowest BCUT2D eigenvalue weighted by atomic mass is 9.72. The highest BCUT2D eigenvalue weighted by Crippen LogP contribution is 2.43. The third kappa shape index (κ3) is 1.74. The summed E-state index contributed by atoms with van der Waals surface area (Å²) in [4.78, 5) is 10.4. The molecule has 0 aromatic carbocycles. The van der Waals surface area contributed by atoms with Gasteiger partial charge in [-0.3, -0.25) is 4.79 Å². The highest BCUT2D eigenvalue weighted by molar-refractivity contribution is 5.67. The van der Waals surface area contributed by atoms with Crippen LogP contribution in [0.25, 0.3) is 0 Å². The summed E-state index contributed by atoms with van der Waals surface area (Å²) >= 11 is 0. The summed E-state index contributed by atoms with van der Waals surface area (Å²) in [6, 6.07) is 3.83. The molecule has 0 bridgehead atoms. The van der Waals surface area contributed by atoms with Gasteiger partial charge in [-0.05, 0) is 30.9 Å². The molecule has 1 aromatic rings. The van der Waals surface area contributed by atoms with Crippen molar-refractivity contribution in [3.63, 3.8) is 0 Å². The maximum atomic E-state index is 10.4. The van der Waals surface area contributed by atoms with E-state index >= 15 is 0 Å². The van der Waals surface area contributed by atoms with Crippen LogP contribution in [0.5, 0.6) is 0 Å². The van der Waals surface area contributed by atoms with Crippen molar-refractivity contribution in [1.82, 2.24) is 0 Å². The lowest BCUT2D eigenvalue weighted by Gasteiger charge is -2.32. The molecule has 1 saturated carbocycles. The maximum Gasteiger partial charge on any atom is 0.303 e. The van der Waals surface area contributed by atoms with Gasteiger partial charge in [0, 0.05) is 12.3 Å². The van der Waals surface area contributed by atoms with Gasteiger partial charge in [-0.15, -0.1) is 0 Å². The largest absolute Gasteiger partial charge is 0.481 e. The third-order valence-corrected chi connectivity index (χ3v) is 2.64. The van der Waals surface area contributed by atoms with E-state index in [9.17, 15) is 4.79 Å². The van der Waals surface area contributed by atoms with Gasteiger partial charge in [0.1, 0.15) is 5.76 Å². The first-order valence-electron chi connectivity index (χ1n) is 4.51. The number of hydrogen-bond acceptors (Lipinski definition) is 2. The molecule has 70 valence electrons. The molecule has 13 heavy (non-hydrogen) atoms. The molecule has 0 spiro atoms. The summed E-state index contributed by atoms with van der Waals surface area (Å²) in [6.45, 7) is 0. The molecule has 0 saturated heterocycles. The zero-order valence-corrected chi connectivity index (χ0v) is 7.27. The summed E-state index contributed by atoms with van der Waals surface area (Å²) in [5.74, 6) is 1.12. The highest BCUT2D eigenvalue weighted by Gasteiger charge is 2.33. The average molecular weight is 180 g/mol. The Balaban J connectivity index is 1.82. The summed E-state index contributed by atoms with van der Waals surface area (Å²) in [5.41, 5.74) is 0. The molecule has 1 aliphatic carbocycles. The minimum absolute atomic E-state index is 0.303. The van der Waals surface area contributed by atoms with Gasteiger partial charge in [0.05, 0.1) is 6.26 Å². The first kappa shape index (κ1) is 8.35. The van der Waals surface area contributed by atoms with E-state index in [2.05, 4.69) is 0 Å². The minimum atomic E-state index is -0.692. The molecule has 1 N–H and O–H groups in total. The number of carboxylic acids is 1. The number of rotatable bonds is 3. The normalized spacial score (nSPS) is 26.8. The monoisotopic (exact) mass is 180 g/mol. The average Bonchev–Trinajstić information content (AvgIpc) is 2.46. The van der Waals surface area contributed by atoms with Gasteiger partial charge in [-0.1, -0.05) is 0 Å². The van der Waals surface area contributed by atoms with Gasteiger partial charge in [-0.2, -0.15) is 0 Å². The summed E-state index contributed by atoms with van der Waals surface area (Å²) in [7, 11) is 0. The Morgan fingerprint density at radius 3 is 2.92 bits per heavy atom. The number of furan rings is 1. The molecule has 0 atom stereocenters. The number of aliphatic carboxylic acids is 1. The summed E-state index contributed by atoms with van der Waals surface area (Å²) in [5, 5.41) is 8.54. The van der Waals surface area contributed by atoms with Crippen molar-refractivity contribution >= 4 is 5.97 Å². The van der Waals surface area contributed by atoms with Crippen LogP contribution < -0.4 is 0 Å². The SMILES string of the molecule is O=C(O)CC1CC(c2ccco2)C1. The Hall–Kier alpha value is -1.25. The zero-order valence-electron chi connectivity index (χ0n) is 7.27. The smallest absolute Gasteiger partial charge is 0.303 e. The van der Waals surface area contributed by atoms with Crippen LogP contribution in [0, 0.1) is 5.92 Å². The van der Waals surface area contributed by atoms with Crippen molar-refractivity contribution in [1.29, 1.82) is 0 Å². The van der Waals surface area contributed by atoms with Crippen molar-refractivity contribution in [3.8, 4) is 0 Å². The van der Waals surface area contributed by atoms with Crippen LogP contribution in [0.15, 0.2) is 22.8 Å². The topological polar surface area (TPSA) is 50.4 Å². The van der Waals surface area contributed by atoms with E-state index < -0.39 is 5.97 Å². The molecule has 1 aliphatic rings. The summed E-state index contributed by atoms with van der Waals surface area (Å²) < 4.78 is 5.24.